The van der Waals surface area contributed by atoms with Crippen LogP contribution in [0.5, 0.6) is 5.75 Å². The highest BCUT2D eigenvalue weighted by Crippen LogP contribution is 2.47. The van der Waals surface area contributed by atoms with Crippen molar-refractivity contribution in [3.05, 3.63) is 137 Å². The maximum Gasteiger partial charge on any atom is 0.221 e. The fourth-order valence-electron chi connectivity index (χ4n) is 7.06. The van der Waals surface area contributed by atoms with Gasteiger partial charge in [-0.1, -0.05) is 91.0 Å². The normalized spacial score (nSPS) is 21.0. The molecule has 1 saturated carbocycles. The van der Waals surface area contributed by atoms with Gasteiger partial charge in [-0.2, -0.15) is 0 Å². The number of hydrogen-bond acceptors (Lipinski definition) is 4. The predicted molar refractivity (Wildman–Crippen MR) is 159 cm³/mol. The van der Waals surface area contributed by atoms with Crippen LogP contribution in [0.4, 0.5) is 0 Å². The fraction of sp³-hybridized carbons (Fsp3) is 0.278. The van der Waals surface area contributed by atoms with Crippen molar-refractivity contribution in [1.29, 1.82) is 0 Å². The molecule has 1 amide bonds. The van der Waals surface area contributed by atoms with Gasteiger partial charge in [-0.15, -0.1) is 0 Å². The first-order chi connectivity index (χ1) is 20.1. The van der Waals surface area contributed by atoms with Gasteiger partial charge in [0.1, 0.15) is 5.75 Å². The Morgan fingerprint density at radius 2 is 1.34 bits per heavy atom. The van der Waals surface area contributed by atoms with Crippen LogP contribution in [0, 0.1) is 11.8 Å². The van der Waals surface area contributed by atoms with Crippen molar-refractivity contribution >= 4 is 11.7 Å². The van der Waals surface area contributed by atoms with Gasteiger partial charge in [0.15, 0.2) is 5.78 Å². The van der Waals surface area contributed by atoms with Gasteiger partial charge in [0.05, 0.1) is 18.6 Å². The number of piperidine rings is 1. The lowest BCUT2D eigenvalue weighted by molar-refractivity contribution is -0.122. The van der Waals surface area contributed by atoms with Crippen molar-refractivity contribution in [1.82, 2.24) is 10.2 Å². The van der Waals surface area contributed by atoms with E-state index in [1.165, 1.54) is 0 Å². The minimum absolute atomic E-state index is 0.0592. The molecule has 1 N–H and O–H groups in total. The van der Waals surface area contributed by atoms with E-state index in [0.29, 0.717) is 31.4 Å². The molecule has 2 heterocycles. The first kappa shape index (κ1) is 25.7. The summed E-state index contributed by atoms with van der Waals surface area (Å²) in [6.07, 6.45) is 1.19. The highest BCUT2D eigenvalue weighted by molar-refractivity contribution is 5.98. The Kier molecular flexibility index (Phi) is 6.68. The molecule has 4 aromatic rings. The van der Waals surface area contributed by atoms with E-state index in [0.717, 1.165) is 53.1 Å². The predicted octanol–water partition coefficient (Wildman–Crippen LogP) is 5.28. The largest absolute Gasteiger partial charge is 0.493 e. The number of fused-ring (bicyclic) bond motifs is 2. The molecule has 3 aliphatic rings. The molecule has 7 rings (SSSR count). The molecule has 0 bridgehead atoms. The Labute approximate surface area is 241 Å². The monoisotopic (exact) mass is 542 g/mol. The van der Waals surface area contributed by atoms with E-state index in [-0.39, 0.29) is 17.7 Å². The Bertz CT molecular complexity index is 1450. The Morgan fingerprint density at radius 1 is 0.780 bits per heavy atom. The van der Waals surface area contributed by atoms with Crippen LogP contribution in [0.1, 0.15) is 39.0 Å². The quantitative estimate of drug-likeness (QED) is 0.231. The third-order valence-corrected chi connectivity index (χ3v) is 9.20. The first-order valence-corrected chi connectivity index (χ1v) is 14.6. The van der Waals surface area contributed by atoms with Crippen molar-refractivity contribution in [2.75, 3.05) is 26.2 Å². The van der Waals surface area contributed by atoms with E-state index >= 15 is 0 Å². The van der Waals surface area contributed by atoms with Gasteiger partial charge in [0, 0.05) is 37.5 Å². The van der Waals surface area contributed by atoms with E-state index in [1.54, 1.807) is 0 Å². The Morgan fingerprint density at radius 3 is 1.90 bits per heavy atom. The molecule has 0 spiro atoms. The number of carbonyl (C=O) groups excluding carboxylic acids is 2. The highest BCUT2D eigenvalue weighted by atomic mass is 16.5. The number of hydrogen-bond donors (Lipinski definition) is 1. The molecule has 4 aromatic carbocycles. The smallest absolute Gasteiger partial charge is 0.221 e. The van der Waals surface area contributed by atoms with E-state index in [4.69, 9.17) is 4.74 Å². The van der Waals surface area contributed by atoms with E-state index in [2.05, 4.69) is 46.6 Å². The molecule has 1 saturated heterocycles. The van der Waals surface area contributed by atoms with Gasteiger partial charge < -0.3 is 10.1 Å². The topological polar surface area (TPSA) is 58.6 Å². The SMILES string of the molecule is O=C(CC(c1ccccc1)(c1ccccc1)c1ccccc1)NC1[C@H]2CN(CC(=O)c3ccc4c(c3)CCO4)C[C@@H]12. The number of rotatable bonds is 9. The number of nitrogens with one attached hydrogen (secondary N) is 1. The maximum atomic E-state index is 13.8. The average molecular weight is 543 g/mol. The molecule has 0 aromatic heterocycles. The van der Waals surface area contributed by atoms with Crippen LogP contribution in [0.2, 0.25) is 0 Å². The average Bonchev–Trinajstić information content (AvgIpc) is 3.35. The van der Waals surface area contributed by atoms with Crippen LogP contribution < -0.4 is 10.1 Å². The molecule has 1 unspecified atom stereocenters. The molecule has 3 atom stereocenters. The van der Waals surface area contributed by atoms with Crippen molar-refractivity contribution in [3.63, 3.8) is 0 Å². The summed E-state index contributed by atoms with van der Waals surface area (Å²) in [5.41, 5.74) is 4.60. The van der Waals surface area contributed by atoms with Crippen molar-refractivity contribution in [3.8, 4) is 5.75 Å². The second kappa shape index (κ2) is 10.6. The Hall–Kier alpha value is -4.22. The lowest BCUT2D eigenvalue weighted by atomic mass is 9.67. The minimum Gasteiger partial charge on any atom is -0.493 e. The van der Waals surface area contributed by atoms with Gasteiger partial charge in [0.25, 0.3) is 0 Å². The van der Waals surface area contributed by atoms with Crippen LogP contribution in [0.15, 0.2) is 109 Å². The molecule has 0 radical (unpaired) electrons. The van der Waals surface area contributed by atoms with Crippen LogP contribution >= 0.6 is 0 Å². The van der Waals surface area contributed by atoms with Crippen LogP contribution in [-0.2, 0) is 16.6 Å². The van der Waals surface area contributed by atoms with Crippen molar-refractivity contribution in [2.24, 2.45) is 11.8 Å². The fourth-order valence-corrected chi connectivity index (χ4v) is 7.06. The van der Waals surface area contributed by atoms with Gasteiger partial charge in [-0.05, 0) is 52.3 Å². The number of ketones is 1. The third kappa shape index (κ3) is 4.85. The minimum atomic E-state index is -0.600. The summed E-state index contributed by atoms with van der Waals surface area (Å²) in [6, 6.07) is 37.1. The van der Waals surface area contributed by atoms with Crippen LogP contribution in [0.25, 0.3) is 0 Å². The molecule has 5 nitrogen and oxygen atoms in total. The van der Waals surface area contributed by atoms with Gasteiger partial charge >= 0.3 is 0 Å². The van der Waals surface area contributed by atoms with E-state index in [9.17, 15) is 9.59 Å². The second-order valence-electron chi connectivity index (χ2n) is 11.6. The number of nitrogens with zero attached hydrogens (tertiary/aromatic N) is 1. The van der Waals surface area contributed by atoms with Crippen molar-refractivity contribution in [2.45, 2.75) is 24.3 Å². The molecule has 41 heavy (non-hydrogen) atoms. The number of benzene rings is 4. The second-order valence-corrected chi connectivity index (χ2v) is 11.6. The molecular formula is C36H34N2O3. The summed E-state index contributed by atoms with van der Waals surface area (Å²) in [5, 5.41) is 3.39. The maximum absolute atomic E-state index is 13.8. The van der Waals surface area contributed by atoms with Gasteiger partial charge in [-0.25, -0.2) is 0 Å². The lowest BCUT2D eigenvalue weighted by Gasteiger charge is -2.35. The molecular weight excluding hydrogens is 508 g/mol. The summed E-state index contributed by atoms with van der Waals surface area (Å²) in [6.45, 7) is 2.80. The molecule has 5 heteroatoms. The molecule has 1 aliphatic carbocycles. The zero-order valence-electron chi connectivity index (χ0n) is 23.0. The summed E-state index contributed by atoms with van der Waals surface area (Å²) < 4.78 is 5.58. The number of amides is 1. The zero-order chi connectivity index (χ0) is 27.8. The number of likely N-dealkylation sites (tertiary alicyclic amines) is 1. The zero-order valence-corrected chi connectivity index (χ0v) is 23.0. The standard InChI is InChI=1S/C36H34N2O3/c39-32(25-16-17-33-26(20-25)18-19-41-33)24-38-22-30-31(23-38)35(30)37-34(40)21-36(27-10-4-1-5-11-27,28-12-6-2-7-13-28)29-14-8-3-9-15-29/h1-17,20,30-31,35H,18-19,21-24H2,(H,37,40)/t30-,31+,35?. The highest BCUT2D eigenvalue weighted by Gasteiger charge is 2.56. The summed E-state index contributed by atoms with van der Waals surface area (Å²) >= 11 is 0. The van der Waals surface area contributed by atoms with Crippen molar-refractivity contribution < 1.29 is 14.3 Å². The van der Waals surface area contributed by atoms with Crippen LogP contribution in [0.3, 0.4) is 0 Å². The summed E-state index contributed by atoms with van der Waals surface area (Å²) in [5.74, 6) is 1.92. The lowest BCUT2D eigenvalue weighted by Crippen LogP contribution is -2.40. The van der Waals surface area contributed by atoms with Crippen LogP contribution in [-0.4, -0.2) is 48.9 Å². The molecule has 2 fully saturated rings. The number of carbonyl (C=O) groups is 2. The van der Waals surface area contributed by atoms with E-state index < -0.39 is 5.41 Å². The number of Topliss-reactive ketones (excluding diaryl/α,β-unsaturated/α-hetero) is 1. The van der Waals surface area contributed by atoms with Gasteiger partial charge in [0.2, 0.25) is 5.91 Å². The summed E-state index contributed by atoms with van der Waals surface area (Å²) in [4.78, 5) is 29.0. The molecule has 2 aliphatic heterocycles. The Balaban J connectivity index is 1.04. The third-order valence-electron chi connectivity index (χ3n) is 9.20. The number of ether oxygens (including phenoxy) is 1. The van der Waals surface area contributed by atoms with E-state index in [1.807, 2.05) is 72.8 Å². The van der Waals surface area contributed by atoms with Gasteiger partial charge in [-0.3, -0.25) is 14.5 Å². The first-order valence-electron chi connectivity index (χ1n) is 14.6. The summed E-state index contributed by atoms with van der Waals surface area (Å²) in [7, 11) is 0. The molecule has 206 valence electrons.